The summed E-state index contributed by atoms with van der Waals surface area (Å²) < 4.78 is 11.2. The summed E-state index contributed by atoms with van der Waals surface area (Å²) in [5.41, 5.74) is 2.18. The molecule has 2 aliphatic heterocycles. The number of amidine groups is 1. The molecule has 136 valence electrons. The summed E-state index contributed by atoms with van der Waals surface area (Å²) in [4.78, 5) is 12.0. The first-order chi connectivity index (χ1) is 12.7. The van der Waals surface area contributed by atoms with Crippen molar-refractivity contribution in [3.8, 4) is 11.5 Å². The lowest BCUT2D eigenvalue weighted by Crippen LogP contribution is -2.28. The van der Waals surface area contributed by atoms with Gasteiger partial charge in [0.25, 0.3) is 0 Å². The first-order valence-electron chi connectivity index (χ1n) is 8.94. The molecule has 1 aromatic carbocycles. The molecule has 0 amide bonds. The normalized spacial score (nSPS) is 24.3. The quantitative estimate of drug-likeness (QED) is 0.795. The monoisotopic (exact) mass is 369 g/mol. The third kappa shape index (κ3) is 3.03. The third-order valence-corrected chi connectivity index (χ3v) is 5.81. The molecule has 4 rings (SSSR count). The minimum Gasteiger partial charge on any atom is -0.493 e. The van der Waals surface area contributed by atoms with Gasteiger partial charge in [-0.15, -0.1) is 0 Å². The van der Waals surface area contributed by atoms with Crippen LogP contribution < -0.4 is 9.47 Å². The van der Waals surface area contributed by atoms with Crippen LogP contribution in [0.1, 0.15) is 37.2 Å². The van der Waals surface area contributed by atoms with Crippen molar-refractivity contribution in [2.24, 2.45) is 4.99 Å². The van der Waals surface area contributed by atoms with Gasteiger partial charge in [-0.2, -0.15) is 0 Å². The Bertz CT molecular complexity index is 812. The van der Waals surface area contributed by atoms with E-state index in [1.807, 2.05) is 43.1 Å². The third-order valence-electron chi connectivity index (χ3n) is 4.71. The molecule has 2 aliphatic rings. The number of thioether (sulfide) groups is 1. The number of aliphatic imine (C=N–C) groups is 1. The molecule has 0 N–H and O–H groups in total. The Hall–Kier alpha value is -2.21. The number of ether oxygens (including phenoxy) is 2. The lowest BCUT2D eigenvalue weighted by molar-refractivity contribution is 0.302. The van der Waals surface area contributed by atoms with Gasteiger partial charge in [0.05, 0.1) is 25.5 Å². The zero-order chi connectivity index (χ0) is 18.1. The van der Waals surface area contributed by atoms with E-state index >= 15 is 0 Å². The van der Waals surface area contributed by atoms with Crippen LogP contribution in [0.2, 0.25) is 0 Å². The van der Waals surface area contributed by atoms with E-state index in [0.717, 1.165) is 28.9 Å². The Kier molecular flexibility index (Phi) is 4.76. The van der Waals surface area contributed by atoms with E-state index in [1.165, 1.54) is 5.56 Å². The van der Waals surface area contributed by atoms with Crippen LogP contribution in [0.3, 0.4) is 0 Å². The van der Waals surface area contributed by atoms with Gasteiger partial charge in [-0.3, -0.25) is 9.98 Å². The Morgan fingerprint density at radius 1 is 1.23 bits per heavy atom. The summed E-state index contributed by atoms with van der Waals surface area (Å²) in [6.07, 6.45) is 1.84. The SMILES string of the molecule is CCOc1cc([C@H]2[C@H](c3ccccn3)N=C3S[C@@H](C)CN32)ccc1OC. The first kappa shape index (κ1) is 17.2. The number of pyridine rings is 1. The minimum absolute atomic E-state index is 0.00549. The van der Waals surface area contributed by atoms with E-state index in [4.69, 9.17) is 14.5 Å². The van der Waals surface area contributed by atoms with Crippen molar-refractivity contribution in [2.75, 3.05) is 20.3 Å². The highest BCUT2D eigenvalue weighted by Crippen LogP contribution is 2.48. The molecule has 6 heteroatoms. The average molecular weight is 369 g/mol. The highest BCUT2D eigenvalue weighted by molar-refractivity contribution is 8.14. The molecule has 1 aromatic heterocycles. The van der Waals surface area contributed by atoms with E-state index < -0.39 is 0 Å². The van der Waals surface area contributed by atoms with Gasteiger partial charge in [0.1, 0.15) is 6.04 Å². The van der Waals surface area contributed by atoms with Crippen LogP contribution in [-0.2, 0) is 0 Å². The molecule has 0 saturated carbocycles. The Morgan fingerprint density at radius 3 is 2.85 bits per heavy atom. The molecule has 26 heavy (non-hydrogen) atoms. The fourth-order valence-electron chi connectivity index (χ4n) is 3.62. The fourth-order valence-corrected chi connectivity index (χ4v) is 4.72. The van der Waals surface area contributed by atoms with Crippen LogP contribution in [0.5, 0.6) is 11.5 Å². The van der Waals surface area contributed by atoms with E-state index in [1.54, 1.807) is 7.11 Å². The van der Waals surface area contributed by atoms with Gasteiger partial charge in [0.15, 0.2) is 16.7 Å². The first-order valence-corrected chi connectivity index (χ1v) is 9.82. The van der Waals surface area contributed by atoms with Gasteiger partial charge in [-0.05, 0) is 36.8 Å². The highest BCUT2D eigenvalue weighted by Gasteiger charge is 2.43. The lowest BCUT2D eigenvalue weighted by atomic mass is 9.96. The van der Waals surface area contributed by atoms with Crippen molar-refractivity contribution in [1.29, 1.82) is 0 Å². The van der Waals surface area contributed by atoms with E-state index in [-0.39, 0.29) is 12.1 Å². The average Bonchev–Trinajstić information content (AvgIpc) is 3.18. The number of aromatic nitrogens is 1. The largest absolute Gasteiger partial charge is 0.493 e. The van der Waals surface area contributed by atoms with E-state index in [2.05, 4.69) is 35.0 Å². The van der Waals surface area contributed by atoms with Gasteiger partial charge < -0.3 is 14.4 Å². The Balaban J connectivity index is 1.76. The lowest BCUT2D eigenvalue weighted by Gasteiger charge is -2.28. The topological polar surface area (TPSA) is 47.0 Å². The number of rotatable bonds is 5. The predicted molar refractivity (Wildman–Crippen MR) is 105 cm³/mol. The minimum atomic E-state index is -0.00549. The number of nitrogens with zero attached hydrogens (tertiary/aromatic N) is 3. The van der Waals surface area contributed by atoms with Gasteiger partial charge in [-0.25, -0.2) is 0 Å². The van der Waals surface area contributed by atoms with Crippen molar-refractivity contribution < 1.29 is 9.47 Å². The fraction of sp³-hybridized carbons (Fsp3) is 0.400. The molecule has 3 heterocycles. The van der Waals surface area contributed by atoms with Crippen molar-refractivity contribution in [2.45, 2.75) is 31.2 Å². The van der Waals surface area contributed by atoms with Gasteiger partial charge in [-0.1, -0.05) is 30.8 Å². The molecule has 0 bridgehead atoms. The summed E-state index contributed by atoms with van der Waals surface area (Å²) >= 11 is 1.85. The molecule has 5 nitrogen and oxygen atoms in total. The molecule has 0 unspecified atom stereocenters. The molecule has 2 aromatic rings. The summed E-state index contributed by atoms with van der Waals surface area (Å²) in [7, 11) is 1.67. The van der Waals surface area contributed by atoms with Gasteiger partial charge >= 0.3 is 0 Å². The van der Waals surface area contributed by atoms with Crippen LogP contribution >= 0.6 is 11.8 Å². The maximum absolute atomic E-state index is 5.80. The maximum Gasteiger partial charge on any atom is 0.161 e. The predicted octanol–water partition coefficient (Wildman–Crippen LogP) is 4.08. The molecule has 1 fully saturated rings. The summed E-state index contributed by atoms with van der Waals surface area (Å²) in [6.45, 7) is 5.83. The second-order valence-electron chi connectivity index (χ2n) is 6.48. The number of benzene rings is 1. The van der Waals surface area contributed by atoms with Crippen molar-refractivity contribution in [1.82, 2.24) is 9.88 Å². The summed E-state index contributed by atoms with van der Waals surface area (Å²) in [5.74, 6) is 1.54. The molecule has 0 aliphatic carbocycles. The highest BCUT2D eigenvalue weighted by atomic mass is 32.2. The number of hydrogen-bond acceptors (Lipinski definition) is 6. The van der Waals surface area contributed by atoms with E-state index in [9.17, 15) is 0 Å². The number of methoxy groups -OCH3 is 1. The molecule has 3 atom stereocenters. The van der Waals surface area contributed by atoms with Crippen LogP contribution in [0, 0.1) is 0 Å². The Morgan fingerprint density at radius 2 is 2.12 bits per heavy atom. The summed E-state index contributed by atoms with van der Waals surface area (Å²) in [5, 5.41) is 1.66. The Labute approximate surface area is 158 Å². The standard InChI is InChI=1S/C20H23N3O2S/c1-4-25-17-11-14(8-9-16(17)24-3)19-18(15-7-5-6-10-21-15)22-20-23(19)12-13(2)26-20/h5-11,13,18-19H,4,12H2,1-3H3/t13-,18-,19-/m0/s1. The smallest absolute Gasteiger partial charge is 0.161 e. The van der Waals surface area contributed by atoms with Crippen LogP contribution in [-0.4, -0.2) is 40.6 Å². The second-order valence-corrected chi connectivity index (χ2v) is 7.89. The second kappa shape index (κ2) is 7.19. The van der Waals surface area contributed by atoms with Crippen molar-refractivity contribution >= 4 is 16.9 Å². The number of fused-ring (bicyclic) bond motifs is 1. The summed E-state index contributed by atoms with van der Waals surface area (Å²) in [6, 6.07) is 12.4. The zero-order valence-corrected chi connectivity index (χ0v) is 16.1. The zero-order valence-electron chi connectivity index (χ0n) is 15.3. The molecule has 0 spiro atoms. The molecule has 0 radical (unpaired) electrons. The van der Waals surface area contributed by atoms with Crippen molar-refractivity contribution in [3.63, 3.8) is 0 Å². The van der Waals surface area contributed by atoms with Crippen LogP contribution in [0.15, 0.2) is 47.6 Å². The molecular weight excluding hydrogens is 346 g/mol. The van der Waals surface area contributed by atoms with Gasteiger partial charge in [0, 0.05) is 18.0 Å². The molecule has 1 saturated heterocycles. The number of hydrogen-bond donors (Lipinski definition) is 0. The van der Waals surface area contributed by atoms with E-state index in [0.29, 0.717) is 11.9 Å². The maximum atomic E-state index is 5.80. The molecular formula is C20H23N3O2S. The van der Waals surface area contributed by atoms with Crippen LogP contribution in [0.25, 0.3) is 0 Å². The van der Waals surface area contributed by atoms with Crippen molar-refractivity contribution in [3.05, 3.63) is 53.9 Å². The van der Waals surface area contributed by atoms with Gasteiger partial charge in [0.2, 0.25) is 0 Å². The van der Waals surface area contributed by atoms with Crippen LogP contribution in [0.4, 0.5) is 0 Å².